The molecule has 0 saturated heterocycles. The molecule has 0 aliphatic carbocycles. The van der Waals surface area contributed by atoms with Crippen LogP contribution in [0.15, 0.2) is 57.5 Å². The average Bonchev–Trinajstić information content (AvgIpc) is 3.46. The monoisotopic (exact) mass is 508 g/mol. The highest BCUT2D eigenvalue weighted by atomic mass is 32.1. The first-order chi connectivity index (χ1) is 17.4. The lowest BCUT2D eigenvalue weighted by molar-refractivity contribution is -0.139. The van der Waals surface area contributed by atoms with Crippen molar-refractivity contribution in [2.24, 2.45) is 4.99 Å². The van der Waals surface area contributed by atoms with E-state index in [0.29, 0.717) is 49.2 Å². The highest BCUT2D eigenvalue weighted by Crippen LogP contribution is 2.38. The van der Waals surface area contributed by atoms with Gasteiger partial charge in [-0.05, 0) is 55.3 Å². The standard InChI is InChI=1S/C26H24N2O7S/c1-5-33-25(30)22-14(2)27-26-28(23(22)16-7-9-18-20(12-16)35-13-34-18)24(29)21(36-26)11-15-6-8-17(31-3)19(10-15)32-4/h6-12,23H,5,13H2,1-4H3/b21-11-/t23-/m0/s1. The number of carbonyl (C=O) groups excluding carboxylic acids is 1. The highest BCUT2D eigenvalue weighted by molar-refractivity contribution is 7.07. The largest absolute Gasteiger partial charge is 0.493 e. The van der Waals surface area contributed by atoms with Gasteiger partial charge in [0.25, 0.3) is 5.56 Å². The minimum absolute atomic E-state index is 0.118. The van der Waals surface area contributed by atoms with Gasteiger partial charge in [-0.2, -0.15) is 0 Å². The summed E-state index contributed by atoms with van der Waals surface area (Å²) in [6, 6.07) is 10.1. The van der Waals surface area contributed by atoms with E-state index in [0.717, 1.165) is 5.56 Å². The van der Waals surface area contributed by atoms with Gasteiger partial charge in [-0.1, -0.05) is 23.5 Å². The van der Waals surface area contributed by atoms with Gasteiger partial charge in [0.2, 0.25) is 6.79 Å². The van der Waals surface area contributed by atoms with Gasteiger partial charge >= 0.3 is 5.97 Å². The van der Waals surface area contributed by atoms with Crippen LogP contribution in [0.5, 0.6) is 23.0 Å². The molecule has 186 valence electrons. The van der Waals surface area contributed by atoms with E-state index in [9.17, 15) is 9.59 Å². The molecule has 0 unspecified atom stereocenters. The third-order valence-electron chi connectivity index (χ3n) is 5.93. The van der Waals surface area contributed by atoms with E-state index in [4.69, 9.17) is 23.7 Å². The molecule has 1 aromatic heterocycles. The molecule has 1 atom stereocenters. The predicted octanol–water partition coefficient (Wildman–Crippen LogP) is 2.54. The maximum absolute atomic E-state index is 13.7. The van der Waals surface area contributed by atoms with Gasteiger partial charge in [-0.15, -0.1) is 0 Å². The molecule has 36 heavy (non-hydrogen) atoms. The van der Waals surface area contributed by atoms with E-state index < -0.39 is 12.0 Å². The van der Waals surface area contributed by atoms with E-state index in [2.05, 4.69) is 4.99 Å². The molecule has 0 N–H and O–H groups in total. The molecule has 5 rings (SSSR count). The molecular weight excluding hydrogens is 484 g/mol. The number of methoxy groups -OCH3 is 2. The number of carbonyl (C=O) groups is 1. The molecule has 10 heteroatoms. The van der Waals surface area contributed by atoms with Crippen LogP contribution in [0.3, 0.4) is 0 Å². The Labute approximate surface area is 210 Å². The Balaban J connectivity index is 1.70. The van der Waals surface area contributed by atoms with E-state index >= 15 is 0 Å². The van der Waals surface area contributed by atoms with E-state index in [-0.39, 0.29) is 19.0 Å². The third-order valence-corrected chi connectivity index (χ3v) is 6.92. The van der Waals surface area contributed by atoms with Crippen molar-refractivity contribution in [2.75, 3.05) is 27.6 Å². The number of fused-ring (bicyclic) bond motifs is 2. The Bertz CT molecular complexity index is 1570. The SMILES string of the molecule is CCOC(=O)C1=C(C)N=c2s/c(=C\c3ccc(OC)c(OC)c3)c(=O)n2[C@H]1c1ccc2c(c1)OCO2. The molecule has 9 nitrogen and oxygen atoms in total. The molecule has 2 aliphatic heterocycles. The topological polar surface area (TPSA) is 97.6 Å². The van der Waals surface area contributed by atoms with Gasteiger partial charge < -0.3 is 23.7 Å². The first-order valence-electron chi connectivity index (χ1n) is 11.3. The Kier molecular flexibility index (Phi) is 6.27. The average molecular weight is 509 g/mol. The first kappa shape index (κ1) is 23.7. The van der Waals surface area contributed by atoms with Crippen LogP contribution in [0, 0.1) is 0 Å². The summed E-state index contributed by atoms with van der Waals surface area (Å²) in [6.07, 6.45) is 1.77. The minimum Gasteiger partial charge on any atom is -0.493 e. The van der Waals surface area contributed by atoms with Crippen molar-refractivity contribution in [2.45, 2.75) is 19.9 Å². The summed E-state index contributed by atoms with van der Waals surface area (Å²) in [5.41, 5.74) is 1.98. The summed E-state index contributed by atoms with van der Waals surface area (Å²) in [7, 11) is 3.12. The van der Waals surface area contributed by atoms with Crippen molar-refractivity contribution < 1.29 is 28.5 Å². The van der Waals surface area contributed by atoms with Crippen molar-refractivity contribution in [1.29, 1.82) is 0 Å². The van der Waals surface area contributed by atoms with Gasteiger partial charge in [-0.25, -0.2) is 9.79 Å². The molecule has 0 radical (unpaired) electrons. The smallest absolute Gasteiger partial charge is 0.338 e. The number of benzene rings is 2. The Hall–Kier alpha value is -4.05. The maximum atomic E-state index is 13.7. The number of thiazole rings is 1. The van der Waals surface area contributed by atoms with Crippen LogP contribution < -0.4 is 33.8 Å². The van der Waals surface area contributed by atoms with Gasteiger partial charge in [0.1, 0.15) is 0 Å². The van der Waals surface area contributed by atoms with Crippen LogP contribution in [-0.4, -0.2) is 38.2 Å². The van der Waals surface area contributed by atoms with Crippen molar-refractivity contribution in [3.05, 3.63) is 78.5 Å². The molecule has 2 aromatic carbocycles. The fourth-order valence-electron chi connectivity index (χ4n) is 4.28. The maximum Gasteiger partial charge on any atom is 0.338 e. The summed E-state index contributed by atoms with van der Waals surface area (Å²) in [5, 5.41) is 0. The number of nitrogens with zero attached hydrogens (tertiary/aromatic N) is 2. The van der Waals surface area contributed by atoms with E-state index in [1.165, 1.54) is 15.9 Å². The van der Waals surface area contributed by atoms with Crippen LogP contribution in [0.1, 0.15) is 31.0 Å². The van der Waals surface area contributed by atoms with Crippen LogP contribution in [-0.2, 0) is 9.53 Å². The first-order valence-corrected chi connectivity index (χ1v) is 12.1. The van der Waals surface area contributed by atoms with Gasteiger partial charge in [0.15, 0.2) is 27.8 Å². The second kappa shape index (κ2) is 9.54. The fourth-order valence-corrected chi connectivity index (χ4v) is 5.33. The zero-order valence-electron chi connectivity index (χ0n) is 20.2. The predicted molar refractivity (Wildman–Crippen MR) is 133 cm³/mol. The minimum atomic E-state index is -0.734. The van der Waals surface area contributed by atoms with Crippen molar-refractivity contribution in [1.82, 2.24) is 4.57 Å². The summed E-state index contributed by atoms with van der Waals surface area (Å²) in [6.45, 7) is 3.80. The zero-order chi connectivity index (χ0) is 25.4. The molecular formula is C26H24N2O7S. The number of aromatic nitrogens is 1. The number of ether oxygens (including phenoxy) is 5. The van der Waals surface area contributed by atoms with Crippen LogP contribution in [0.2, 0.25) is 0 Å². The second-order valence-corrected chi connectivity index (χ2v) is 9.04. The van der Waals surface area contributed by atoms with E-state index in [1.807, 2.05) is 12.1 Å². The van der Waals surface area contributed by atoms with Crippen LogP contribution in [0.4, 0.5) is 0 Å². The quantitative estimate of drug-likeness (QED) is 0.472. The lowest BCUT2D eigenvalue weighted by Gasteiger charge is -2.24. The lowest BCUT2D eigenvalue weighted by atomic mass is 9.95. The van der Waals surface area contributed by atoms with Crippen molar-refractivity contribution >= 4 is 23.4 Å². The molecule has 2 aliphatic rings. The Morgan fingerprint density at radius 1 is 1.14 bits per heavy atom. The van der Waals surface area contributed by atoms with Crippen LogP contribution in [0.25, 0.3) is 6.08 Å². The molecule has 0 saturated carbocycles. The number of allylic oxidation sites excluding steroid dienone is 1. The summed E-state index contributed by atoms with van der Waals surface area (Å²) in [4.78, 5) is 31.9. The number of hydrogen-bond donors (Lipinski definition) is 0. The summed E-state index contributed by atoms with van der Waals surface area (Å²) in [5.74, 6) is 1.79. The molecule has 0 bridgehead atoms. The van der Waals surface area contributed by atoms with E-state index in [1.54, 1.807) is 58.4 Å². The molecule has 0 spiro atoms. The molecule has 0 fully saturated rings. The van der Waals surface area contributed by atoms with Gasteiger partial charge in [0.05, 0.1) is 42.7 Å². The number of esters is 1. The summed E-state index contributed by atoms with van der Waals surface area (Å²) < 4.78 is 29.0. The van der Waals surface area contributed by atoms with Crippen molar-refractivity contribution in [3.63, 3.8) is 0 Å². The lowest BCUT2D eigenvalue weighted by Crippen LogP contribution is -2.39. The van der Waals surface area contributed by atoms with Gasteiger partial charge in [0, 0.05) is 0 Å². The van der Waals surface area contributed by atoms with Gasteiger partial charge in [-0.3, -0.25) is 9.36 Å². The van der Waals surface area contributed by atoms with Crippen molar-refractivity contribution in [3.8, 4) is 23.0 Å². The van der Waals surface area contributed by atoms with Crippen LogP contribution >= 0.6 is 11.3 Å². The normalized spacial score (nSPS) is 16.4. The number of rotatable bonds is 6. The Morgan fingerprint density at radius 2 is 1.92 bits per heavy atom. The molecule has 3 aromatic rings. The molecule has 0 amide bonds. The molecule has 3 heterocycles. The zero-order valence-corrected chi connectivity index (χ0v) is 21.0. The third kappa shape index (κ3) is 4.03. The second-order valence-electron chi connectivity index (χ2n) is 8.03. The number of hydrogen-bond acceptors (Lipinski definition) is 9. The summed E-state index contributed by atoms with van der Waals surface area (Å²) >= 11 is 1.25. The fraction of sp³-hybridized carbons (Fsp3) is 0.269. The highest BCUT2D eigenvalue weighted by Gasteiger charge is 2.34. The Morgan fingerprint density at radius 3 is 2.67 bits per heavy atom.